The van der Waals surface area contributed by atoms with Gasteiger partial charge in [0.2, 0.25) is 5.91 Å². The van der Waals surface area contributed by atoms with Gasteiger partial charge in [0.05, 0.1) is 12.2 Å². The summed E-state index contributed by atoms with van der Waals surface area (Å²) < 4.78 is 44.5. The van der Waals surface area contributed by atoms with Gasteiger partial charge in [-0.1, -0.05) is 12.1 Å². The van der Waals surface area contributed by atoms with Gasteiger partial charge in [-0.2, -0.15) is 13.2 Å². The van der Waals surface area contributed by atoms with E-state index in [0.717, 1.165) is 17.7 Å². The number of alkyl halides is 3. The van der Waals surface area contributed by atoms with E-state index < -0.39 is 17.6 Å². The number of carbonyl (C=O) groups is 2. The molecule has 0 saturated carbocycles. The van der Waals surface area contributed by atoms with Gasteiger partial charge in [-0.25, -0.2) is 4.79 Å². The molecule has 2 aliphatic heterocycles. The molecule has 6 nitrogen and oxygen atoms in total. The number of anilines is 2. The number of carbonyl (C=O) groups excluding carboxylic acids is 2. The maximum absolute atomic E-state index is 13.0. The van der Waals surface area contributed by atoms with Crippen LogP contribution in [0.5, 0.6) is 5.75 Å². The Balaban J connectivity index is 1.61. The van der Waals surface area contributed by atoms with E-state index in [1.807, 2.05) is 0 Å². The van der Waals surface area contributed by atoms with Crippen LogP contribution in [0, 0.1) is 0 Å². The fraction of sp³-hybridized carbons (Fsp3) is 0.238. The van der Waals surface area contributed by atoms with Gasteiger partial charge in [-0.15, -0.1) is 0 Å². The van der Waals surface area contributed by atoms with E-state index in [1.165, 1.54) is 12.1 Å². The zero-order chi connectivity index (χ0) is 21.3. The molecule has 4 rings (SSSR count). The number of benzene rings is 2. The van der Waals surface area contributed by atoms with Crippen molar-refractivity contribution in [3.63, 3.8) is 0 Å². The number of nitrogens with one attached hydrogen (secondary N) is 3. The molecule has 0 atom stereocenters. The maximum Gasteiger partial charge on any atom is 0.416 e. The van der Waals surface area contributed by atoms with Gasteiger partial charge in [-0.3, -0.25) is 4.79 Å². The first-order valence-electron chi connectivity index (χ1n) is 9.34. The van der Waals surface area contributed by atoms with Crippen molar-refractivity contribution in [2.75, 3.05) is 17.2 Å². The van der Waals surface area contributed by atoms with Crippen LogP contribution in [0.1, 0.15) is 29.5 Å². The highest BCUT2D eigenvalue weighted by Gasteiger charge is 2.32. The van der Waals surface area contributed by atoms with Gasteiger partial charge >= 0.3 is 12.2 Å². The van der Waals surface area contributed by atoms with Crippen LogP contribution in [0.25, 0.3) is 5.57 Å². The fourth-order valence-corrected chi connectivity index (χ4v) is 3.49. The molecule has 0 unspecified atom stereocenters. The molecule has 30 heavy (non-hydrogen) atoms. The summed E-state index contributed by atoms with van der Waals surface area (Å²) in [5.74, 6) is -0.298. The van der Waals surface area contributed by atoms with Gasteiger partial charge in [-0.05, 0) is 42.7 Å². The topological polar surface area (TPSA) is 79.5 Å². The summed E-state index contributed by atoms with van der Waals surface area (Å²) >= 11 is 0. The third-order valence-corrected chi connectivity index (χ3v) is 4.92. The molecule has 2 aromatic carbocycles. The smallest absolute Gasteiger partial charge is 0.416 e. The van der Waals surface area contributed by atoms with E-state index in [0.29, 0.717) is 35.4 Å². The van der Waals surface area contributed by atoms with Crippen LogP contribution in [0.4, 0.5) is 29.3 Å². The molecule has 2 heterocycles. The van der Waals surface area contributed by atoms with Crippen molar-refractivity contribution in [1.82, 2.24) is 5.32 Å². The molecule has 0 aromatic heterocycles. The molecular weight excluding hydrogens is 399 g/mol. The van der Waals surface area contributed by atoms with E-state index in [-0.39, 0.29) is 24.9 Å². The lowest BCUT2D eigenvalue weighted by atomic mass is 9.99. The largest absolute Gasteiger partial charge is 0.493 e. The van der Waals surface area contributed by atoms with Crippen LogP contribution in [0.15, 0.2) is 42.5 Å². The zero-order valence-electron chi connectivity index (χ0n) is 15.7. The number of amides is 3. The first kappa shape index (κ1) is 19.8. The molecule has 0 aliphatic carbocycles. The second-order valence-corrected chi connectivity index (χ2v) is 6.96. The van der Waals surface area contributed by atoms with Crippen molar-refractivity contribution in [2.45, 2.75) is 25.6 Å². The summed E-state index contributed by atoms with van der Waals surface area (Å²) in [5.41, 5.74) is 2.17. The standard InChI is InChI=1S/C21H18F3N3O3/c22-21(23,24)13-6-7-14-12(3-2-8-30-18(14)10-13)9-19(28)26-16-4-1-5-17-15(16)11-25-20(29)27-17/h1,4-7,9-10H,2-3,8,11H2,(H,26,28)(H2,25,27,29)/b12-9+. The summed E-state index contributed by atoms with van der Waals surface area (Å²) in [6, 6.07) is 8.14. The van der Waals surface area contributed by atoms with Crippen molar-refractivity contribution in [1.29, 1.82) is 0 Å². The Morgan fingerprint density at radius 2 is 2.03 bits per heavy atom. The number of fused-ring (bicyclic) bond motifs is 2. The summed E-state index contributed by atoms with van der Waals surface area (Å²) in [4.78, 5) is 24.1. The average molecular weight is 417 g/mol. The summed E-state index contributed by atoms with van der Waals surface area (Å²) in [6.45, 7) is 0.538. The average Bonchev–Trinajstić information content (AvgIpc) is 2.89. The minimum Gasteiger partial charge on any atom is -0.493 e. The van der Waals surface area contributed by atoms with E-state index in [2.05, 4.69) is 16.0 Å². The maximum atomic E-state index is 13.0. The van der Waals surface area contributed by atoms with Gasteiger partial charge in [0.1, 0.15) is 5.75 Å². The van der Waals surface area contributed by atoms with Crippen LogP contribution < -0.4 is 20.7 Å². The second-order valence-electron chi connectivity index (χ2n) is 6.96. The van der Waals surface area contributed by atoms with E-state index in [9.17, 15) is 22.8 Å². The number of urea groups is 1. The normalized spacial score (nSPS) is 17.0. The van der Waals surface area contributed by atoms with Gasteiger partial charge in [0.15, 0.2) is 0 Å². The first-order chi connectivity index (χ1) is 14.3. The van der Waals surface area contributed by atoms with Crippen LogP contribution in [-0.4, -0.2) is 18.5 Å². The fourth-order valence-electron chi connectivity index (χ4n) is 3.49. The molecule has 0 saturated heterocycles. The predicted octanol–water partition coefficient (Wildman–Crippen LogP) is 4.54. The minimum atomic E-state index is -4.47. The van der Waals surface area contributed by atoms with E-state index >= 15 is 0 Å². The Hall–Kier alpha value is -3.49. The van der Waals surface area contributed by atoms with Crippen molar-refractivity contribution in [2.24, 2.45) is 0 Å². The molecule has 0 bridgehead atoms. The number of hydrogen-bond donors (Lipinski definition) is 3. The number of halogens is 3. The SMILES string of the molecule is O=C(/C=C1\CCCOc2cc(C(F)(F)F)ccc21)Nc1cccc2c1CNC(=O)N2. The van der Waals surface area contributed by atoms with Crippen molar-refractivity contribution in [3.8, 4) is 5.75 Å². The minimum absolute atomic E-state index is 0.116. The quantitative estimate of drug-likeness (QED) is 0.628. The van der Waals surface area contributed by atoms with Crippen LogP contribution >= 0.6 is 0 Å². The molecule has 9 heteroatoms. The molecule has 2 aliphatic rings. The number of allylic oxidation sites excluding steroid dienone is 1. The predicted molar refractivity (Wildman–Crippen MR) is 105 cm³/mol. The van der Waals surface area contributed by atoms with Gasteiger partial charge in [0.25, 0.3) is 0 Å². The molecule has 0 radical (unpaired) electrons. The molecule has 2 aromatic rings. The van der Waals surface area contributed by atoms with Crippen LogP contribution in [0.3, 0.4) is 0 Å². The molecule has 0 fully saturated rings. The third kappa shape index (κ3) is 4.10. The number of hydrogen-bond acceptors (Lipinski definition) is 3. The lowest BCUT2D eigenvalue weighted by molar-refractivity contribution is -0.137. The zero-order valence-corrected chi connectivity index (χ0v) is 15.7. The monoisotopic (exact) mass is 417 g/mol. The summed E-state index contributed by atoms with van der Waals surface area (Å²) in [7, 11) is 0. The summed E-state index contributed by atoms with van der Waals surface area (Å²) in [5, 5.41) is 8.11. The molecule has 0 spiro atoms. The highest BCUT2D eigenvalue weighted by atomic mass is 19.4. The molecule has 3 amide bonds. The molecular formula is C21H18F3N3O3. The Kier molecular flexibility index (Phi) is 5.11. The lowest BCUT2D eigenvalue weighted by Gasteiger charge is -2.21. The van der Waals surface area contributed by atoms with Crippen LogP contribution in [0.2, 0.25) is 0 Å². The van der Waals surface area contributed by atoms with Gasteiger partial charge < -0.3 is 20.7 Å². The Morgan fingerprint density at radius 1 is 1.20 bits per heavy atom. The van der Waals surface area contributed by atoms with Crippen molar-refractivity contribution < 1.29 is 27.5 Å². The second kappa shape index (κ2) is 7.74. The van der Waals surface area contributed by atoms with Crippen molar-refractivity contribution in [3.05, 3.63) is 59.2 Å². The number of ether oxygens (including phenoxy) is 1. The van der Waals surface area contributed by atoms with E-state index in [4.69, 9.17) is 4.74 Å². The highest BCUT2D eigenvalue weighted by molar-refractivity contribution is 6.05. The van der Waals surface area contributed by atoms with Crippen LogP contribution in [-0.2, 0) is 17.5 Å². The number of rotatable bonds is 2. The molecule has 3 N–H and O–H groups in total. The summed E-state index contributed by atoms with van der Waals surface area (Å²) in [6.07, 6.45) is -2.01. The van der Waals surface area contributed by atoms with Gasteiger partial charge in [0, 0.05) is 35.1 Å². The van der Waals surface area contributed by atoms with Crippen molar-refractivity contribution >= 4 is 28.9 Å². The Bertz CT molecular complexity index is 1050. The van der Waals surface area contributed by atoms with E-state index in [1.54, 1.807) is 18.2 Å². The highest BCUT2D eigenvalue weighted by Crippen LogP contribution is 2.38. The Morgan fingerprint density at radius 3 is 2.83 bits per heavy atom. The Labute approximate surface area is 170 Å². The lowest BCUT2D eigenvalue weighted by Crippen LogP contribution is -2.34. The third-order valence-electron chi connectivity index (χ3n) is 4.92. The first-order valence-corrected chi connectivity index (χ1v) is 9.34. The molecule has 156 valence electrons.